The van der Waals surface area contributed by atoms with Crippen LogP contribution in [0.1, 0.15) is 71.3 Å². The van der Waals surface area contributed by atoms with Crippen LogP contribution in [0, 0.1) is 5.92 Å². The van der Waals surface area contributed by atoms with E-state index < -0.39 is 127 Å². The van der Waals surface area contributed by atoms with E-state index in [0.717, 1.165) is 21.6 Å². The molecule has 11 amide bonds. The molecule has 2 aliphatic rings. The molecule has 0 unspecified atom stereocenters. The summed E-state index contributed by atoms with van der Waals surface area (Å²) in [6, 6.07) is -3.49. The fourth-order valence-corrected chi connectivity index (χ4v) is 8.93. The first kappa shape index (κ1) is 53.2. The number of nitrogens with two attached hydrogens (primary N) is 3. The first-order valence-corrected chi connectivity index (χ1v) is 23.4. The van der Waals surface area contributed by atoms with Crippen molar-refractivity contribution in [3.8, 4) is 5.75 Å². The number of rotatable bonds is 15. The molecule has 14 N–H and O–H groups in total. The highest BCUT2D eigenvalue weighted by Gasteiger charge is 2.40. The van der Waals surface area contributed by atoms with E-state index in [1.54, 1.807) is 12.1 Å². The number of aromatic hydroxyl groups is 1. The van der Waals surface area contributed by atoms with Gasteiger partial charge in [-0.25, -0.2) is 0 Å². The lowest BCUT2D eigenvalue weighted by Crippen LogP contribution is -2.60. The normalized spacial score (nSPS) is 23.4. The Morgan fingerprint density at radius 2 is 1.46 bits per heavy atom. The van der Waals surface area contributed by atoms with Crippen LogP contribution in [0.4, 0.5) is 0 Å². The van der Waals surface area contributed by atoms with Crippen molar-refractivity contribution in [2.75, 3.05) is 24.6 Å². The maximum Gasteiger partial charge on any atom is 0.246 e. The summed E-state index contributed by atoms with van der Waals surface area (Å²) in [6.45, 7) is 4.55. The van der Waals surface area contributed by atoms with Crippen molar-refractivity contribution in [2.45, 2.75) is 114 Å². The number of benzene rings is 1. The van der Waals surface area contributed by atoms with Gasteiger partial charge in [0.25, 0.3) is 0 Å². The Bertz CT molecular complexity index is 1940. The van der Waals surface area contributed by atoms with Crippen LogP contribution in [0.2, 0.25) is 0 Å². The van der Waals surface area contributed by atoms with Gasteiger partial charge in [0, 0.05) is 37.3 Å². The third kappa shape index (κ3) is 18.1. The number of hydrogen-bond acceptors (Lipinski definition) is 14. The molecule has 2 heterocycles. The standard InChI is InChI=1S/C40H59N11O12S2/c1-20(2)15-25(35(58)44-18-32(43)55)49-39(62)29-5-4-13-51(29)40(63)28-19-65-64-14-12-33(56)46-26(16-22-6-8-23(52)9-7-22)37(60)45-21(3)34(57)47-24(10-11-30(41)53)36(59)48-27(17-31(42)54)38(61)50-28/h6-9,20-21,24-29,52H,4-5,10-19H2,1-3H3,(H2,41,53)(H2,42,54)(H2,43,55)(H,44,58)(H,45,60)(H,46,56)(H,47,57)(H,48,59)(H,49,62)(H,50,61)/t21-,24-,25-,26-,27-,28-,29-/m0/s1. The molecule has 65 heavy (non-hydrogen) atoms. The molecule has 0 saturated carbocycles. The topological polar surface area (TPSA) is 374 Å². The molecular formula is C40H59N11O12S2. The molecule has 358 valence electrons. The summed E-state index contributed by atoms with van der Waals surface area (Å²) in [6.07, 6.45) is -0.986. The van der Waals surface area contributed by atoms with Crippen molar-refractivity contribution < 1.29 is 57.8 Å². The van der Waals surface area contributed by atoms with Crippen LogP contribution in [0.3, 0.4) is 0 Å². The zero-order valence-corrected chi connectivity index (χ0v) is 38.0. The number of phenols is 1. The lowest BCUT2D eigenvalue weighted by molar-refractivity contribution is -0.142. The van der Waals surface area contributed by atoms with Gasteiger partial charge in [0.1, 0.15) is 48.0 Å². The van der Waals surface area contributed by atoms with Crippen molar-refractivity contribution in [3.63, 3.8) is 0 Å². The highest BCUT2D eigenvalue weighted by molar-refractivity contribution is 8.76. The molecular weight excluding hydrogens is 891 g/mol. The van der Waals surface area contributed by atoms with Crippen molar-refractivity contribution in [2.24, 2.45) is 23.1 Å². The van der Waals surface area contributed by atoms with Gasteiger partial charge in [-0.15, -0.1) is 0 Å². The average Bonchev–Trinajstić information content (AvgIpc) is 3.73. The van der Waals surface area contributed by atoms with Gasteiger partial charge < -0.3 is 64.4 Å². The van der Waals surface area contributed by atoms with Crippen LogP contribution < -0.4 is 54.4 Å². The summed E-state index contributed by atoms with van der Waals surface area (Å²) < 4.78 is 0. The third-order valence-corrected chi connectivity index (χ3v) is 12.5. The first-order chi connectivity index (χ1) is 30.6. The Kier molecular flexibility index (Phi) is 21.3. The quantitative estimate of drug-likeness (QED) is 0.0759. The van der Waals surface area contributed by atoms with E-state index in [1.807, 2.05) is 13.8 Å². The lowest BCUT2D eigenvalue weighted by atomic mass is 10.0. The van der Waals surface area contributed by atoms with E-state index in [1.165, 1.54) is 24.0 Å². The summed E-state index contributed by atoms with van der Waals surface area (Å²) in [5.41, 5.74) is 16.5. The van der Waals surface area contributed by atoms with Crippen molar-refractivity contribution >= 4 is 86.6 Å². The van der Waals surface area contributed by atoms with Gasteiger partial charge in [-0.2, -0.15) is 0 Å². The van der Waals surface area contributed by atoms with Crippen molar-refractivity contribution in [1.29, 1.82) is 0 Å². The SMILES string of the molecule is CC(C)C[C@H](NC(=O)[C@@H]1CCCN1C(=O)[C@@H]1CSSCCC(=O)N[C@@H](Cc2ccc(O)cc2)C(=O)N[C@@H](C)C(=O)N[C@@H](CCC(N)=O)C(=O)N[C@@H](CC(N)=O)C(=O)N1)C(=O)NCC(N)=O. The van der Waals surface area contributed by atoms with Crippen LogP contribution in [-0.4, -0.2) is 142 Å². The van der Waals surface area contributed by atoms with Gasteiger partial charge in [-0.05, 0) is 56.2 Å². The van der Waals surface area contributed by atoms with Gasteiger partial charge in [0.2, 0.25) is 65.0 Å². The van der Waals surface area contributed by atoms with E-state index in [2.05, 4.69) is 37.2 Å². The van der Waals surface area contributed by atoms with Crippen LogP contribution in [0.25, 0.3) is 0 Å². The van der Waals surface area contributed by atoms with Gasteiger partial charge in [-0.3, -0.25) is 52.7 Å². The molecule has 0 aliphatic carbocycles. The Balaban J connectivity index is 1.96. The Morgan fingerprint density at radius 3 is 2.09 bits per heavy atom. The van der Waals surface area contributed by atoms with E-state index >= 15 is 0 Å². The van der Waals surface area contributed by atoms with Gasteiger partial charge in [-0.1, -0.05) is 47.6 Å². The molecule has 0 spiro atoms. The molecule has 3 rings (SSSR count). The number of hydrogen-bond donors (Lipinski definition) is 11. The Hall–Kier alpha value is -6.11. The Labute approximate surface area is 383 Å². The second kappa shape index (κ2) is 26.0. The predicted molar refractivity (Wildman–Crippen MR) is 237 cm³/mol. The second-order valence-electron chi connectivity index (χ2n) is 16.0. The van der Waals surface area contributed by atoms with Crippen LogP contribution >= 0.6 is 21.6 Å². The zero-order chi connectivity index (χ0) is 48.4. The summed E-state index contributed by atoms with van der Waals surface area (Å²) in [5.74, 6) is -9.15. The smallest absolute Gasteiger partial charge is 0.246 e. The third-order valence-electron chi connectivity index (χ3n) is 10.1. The highest BCUT2D eigenvalue weighted by atomic mass is 33.1. The molecule has 2 fully saturated rings. The minimum absolute atomic E-state index is 0.0285. The summed E-state index contributed by atoms with van der Waals surface area (Å²) in [4.78, 5) is 146. The van der Waals surface area contributed by atoms with Gasteiger partial charge in [0.05, 0.1) is 13.0 Å². The highest BCUT2D eigenvalue weighted by Crippen LogP contribution is 2.26. The zero-order valence-electron chi connectivity index (χ0n) is 36.3. The number of nitrogens with zero attached hydrogens (tertiary/aromatic N) is 1. The summed E-state index contributed by atoms with van der Waals surface area (Å²) in [5, 5.41) is 27.3. The molecule has 0 aromatic heterocycles. The molecule has 0 radical (unpaired) electrons. The fourth-order valence-electron chi connectivity index (χ4n) is 6.79. The fraction of sp³-hybridized carbons (Fsp3) is 0.575. The molecule has 7 atom stereocenters. The number of nitrogens with one attached hydrogen (secondary N) is 7. The van der Waals surface area contributed by atoms with E-state index in [4.69, 9.17) is 17.2 Å². The summed E-state index contributed by atoms with van der Waals surface area (Å²) in [7, 11) is 2.23. The lowest BCUT2D eigenvalue weighted by Gasteiger charge is -2.31. The second-order valence-corrected chi connectivity index (χ2v) is 18.6. The number of carbonyl (C=O) groups excluding carboxylic acids is 11. The molecule has 1 aromatic carbocycles. The largest absolute Gasteiger partial charge is 0.508 e. The van der Waals surface area contributed by atoms with Gasteiger partial charge >= 0.3 is 0 Å². The predicted octanol–water partition coefficient (Wildman–Crippen LogP) is -3.57. The van der Waals surface area contributed by atoms with E-state index in [-0.39, 0.29) is 61.8 Å². The number of phenolic OH excluding ortho intramolecular Hbond substituents is 1. The maximum absolute atomic E-state index is 14.4. The number of carbonyl (C=O) groups is 11. The van der Waals surface area contributed by atoms with Crippen LogP contribution in [0.15, 0.2) is 24.3 Å². The van der Waals surface area contributed by atoms with Crippen molar-refractivity contribution in [3.05, 3.63) is 29.8 Å². The van der Waals surface area contributed by atoms with Crippen molar-refractivity contribution in [1.82, 2.24) is 42.1 Å². The average molecular weight is 950 g/mol. The molecule has 2 aliphatic heterocycles. The number of likely N-dealkylation sites (tertiary alicyclic amines) is 1. The molecule has 23 nitrogen and oxygen atoms in total. The van der Waals surface area contributed by atoms with Crippen LogP contribution in [0.5, 0.6) is 5.75 Å². The molecule has 1 aromatic rings. The first-order valence-electron chi connectivity index (χ1n) is 20.9. The maximum atomic E-state index is 14.4. The molecule has 0 bridgehead atoms. The van der Waals surface area contributed by atoms with Gasteiger partial charge in [0.15, 0.2) is 0 Å². The minimum Gasteiger partial charge on any atom is -0.508 e. The Morgan fingerprint density at radius 1 is 0.815 bits per heavy atom. The van der Waals surface area contributed by atoms with E-state index in [9.17, 15) is 57.8 Å². The molecule has 25 heteroatoms. The minimum atomic E-state index is -1.72. The molecule has 2 saturated heterocycles. The number of amides is 11. The monoisotopic (exact) mass is 949 g/mol. The summed E-state index contributed by atoms with van der Waals surface area (Å²) >= 11 is 0. The van der Waals surface area contributed by atoms with E-state index in [0.29, 0.717) is 12.0 Å². The number of primary amides is 3. The van der Waals surface area contributed by atoms with Crippen LogP contribution in [-0.2, 0) is 59.2 Å².